The van der Waals surface area contributed by atoms with Crippen molar-refractivity contribution in [3.05, 3.63) is 0 Å². The van der Waals surface area contributed by atoms with Gasteiger partial charge in [0.25, 0.3) is 0 Å². The SMILES string of the molecule is COCCS(=O)(=O)N1CCCC(C(=O)NC(C)C)C1. The number of rotatable bonds is 6. The fourth-order valence-corrected chi connectivity index (χ4v) is 3.58. The molecule has 0 saturated carbocycles. The summed E-state index contributed by atoms with van der Waals surface area (Å²) >= 11 is 0. The summed E-state index contributed by atoms with van der Waals surface area (Å²) in [6.45, 7) is 4.76. The molecule has 19 heavy (non-hydrogen) atoms. The van der Waals surface area contributed by atoms with E-state index in [9.17, 15) is 13.2 Å². The second-order valence-electron chi connectivity index (χ2n) is 5.17. The van der Waals surface area contributed by atoms with E-state index < -0.39 is 10.0 Å². The summed E-state index contributed by atoms with van der Waals surface area (Å²) in [7, 11) is -1.84. The molecule has 1 heterocycles. The van der Waals surface area contributed by atoms with Gasteiger partial charge in [0.1, 0.15) is 0 Å². The van der Waals surface area contributed by atoms with Gasteiger partial charge in [-0.1, -0.05) is 0 Å². The zero-order valence-corrected chi connectivity index (χ0v) is 12.7. The number of carbonyl (C=O) groups excluding carboxylic acids is 1. The van der Waals surface area contributed by atoms with Crippen LogP contribution < -0.4 is 5.32 Å². The van der Waals surface area contributed by atoms with Gasteiger partial charge < -0.3 is 10.1 Å². The van der Waals surface area contributed by atoms with Crippen LogP contribution in [0.15, 0.2) is 0 Å². The van der Waals surface area contributed by atoms with Gasteiger partial charge in [0, 0.05) is 26.2 Å². The van der Waals surface area contributed by atoms with Crippen molar-refractivity contribution in [2.75, 3.05) is 32.6 Å². The Bertz CT molecular complexity index is 395. The molecule has 1 unspecified atom stereocenters. The van der Waals surface area contributed by atoms with Crippen molar-refractivity contribution < 1.29 is 17.9 Å². The Morgan fingerprint density at radius 3 is 2.74 bits per heavy atom. The minimum absolute atomic E-state index is 0.0258. The number of methoxy groups -OCH3 is 1. The summed E-state index contributed by atoms with van der Waals surface area (Å²) in [6.07, 6.45) is 1.47. The minimum Gasteiger partial charge on any atom is -0.384 e. The van der Waals surface area contributed by atoms with Crippen molar-refractivity contribution in [2.24, 2.45) is 5.92 Å². The highest BCUT2D eigenvalue weighted by atomic mass is 32.2. The maximum absolute atomic E-state index is 12.0. The third-order valence-electron chi connectivity index (χ3n) is 3.12. The van der Waals surface area contributed by atoms with Crippen LogP contribution in [0.4, 0.5) is 0 Å². The number of ether oxygens (including phenoxy) is 1. The van der Waals surface area contributed by atoms with E-state index in [1.54, 1.807) is 0 Å². The van der Waals surface area contributed by atoms with Crippen molar-refractivity contribution in [2.45, 2.75) is 32.7 Å². The van der Waals surface area contributed by atoms with Gasteiger partial charge in [-0.3, -0.25) is 4.79 Å². The van der Waals surface area contributed by atoms with Crippen LogP contribution in [0.2, 0.25) is 0 Å². The van der Waals surface area contributed by atoms with Gasteiger partial charge in [-0.2, -0.15) is 0 Å². The number of nitrogens with zero attached hydrogens (tertiary/aromatic N) is 1. The van der Waals surface area contributed by atoms with Crippen LogP contribution >= 0.6 is 0 Å². The highest BCUT2D eigenvalue weighted by molar-refractivity contribution is 7.89. The predicted molar refractivity (Wildman–Crippen MR) is 73.2 cm³/mol. The third-order valence-corrected chi connectivity index (χ3v) is 4.93. The Morgan fingerprint density at radius 2 is 2.16 bits per heavy atom. The van der Waals surface area contributed by atoms with Crippen molar-refractivity contribution in [3.8, 4) is 0 Å². The van der Waals surface area contributed by atoms with Crippen LogP contribution in [0.1, 0.15) is 26.7 Å². The molecule has 0 aromatic heterocycles. The van der Waals surface area contributed by atoms with E-state index in [-0.39, 0.29) is 36.8 Å². The smallest absolute Gasteiger partial charge is 0.224 e. The molecule has 0 aromatic carbocycles. The van der Waals surface area contributed by atoms with Gasteiger partial charge >= 0.3 is 0 Å². The van der Waals surface area contributed by atoms with Gasteiger partial charge in [-0.25, -0.2) is 12.7 Å². The molecule has 0 bridgehead atoms. The molecule has 6 nitrogen and oxygen atoms in total. The molecule has 0 spiro atoms. The summed E-state index contributed by atoms with van der Waals surface area (Å²) in [5.74, 6) is -0.322. The highest BCUT2D eigenvalue weighted by Gasteiger charge is 2.32. The zero-order chi connectivity index (χ0) is 14.5. The Hall–Kier alpha value is -0.660. The van der Waals surface area contributed by atoms with Crippen molar-refractivity contribution in [1.29, 1.82) is 0 Å². The molecule has 7 heteroatoms. The molecule has 112 valence electrons. The predicted octanol–water partition coefficient (Wildman–Crippen LogP) is 0.199. The Labute approximate surface area is 115 Å². The second kappa shape index (κ2) is 7.21. The number of nitrogens with one attached hydrogen (secondary N) is 1. The molecule has 1 aliphatic rings. The van der Waals surface area contributed by atoms with Crippen LogP contribution in [-0.4, -0.2) is 57.2 Å². The van der Waals surface area contributed by atoms with E-state index in [1.165, 1.54) is 11.4 Å². The minimum atomic E-state index is -3.31. The molecule has 1 atom stereocenters. The lowest BCUT2D eigenvalue weighted by atomic mass is 9.98. The number of piperidine rings is 1. The molecule has 0 radical (unpaired) electrons. The third kappa shape index (κ3) is 5.08. The lowest BCUT2D eigenvalue weighted by molar-refractivity contribution is -0.126. The average Bonchev–Trinajstić information content (AvgIpc) is 2.36. The van der Waals surface area contributed by atoms with Gasteiger partial charge in [-0.05, 0) is 26.7 Å². The van der Waals surface area contributed by atoms with Crippen LogP contribution in [0, 0.1) is 5.92 Å². The lowest BCUT2D eigenvalue weighted by Crippen LogP contribution is -2.47. The summed E-state index contributed by atoms with van der Waals surface area (Å²) in [5, 5.41) is 2.84. The first kappa shape index (κ1) is 16.4. The molecule has 1 rings (SSSR count). The van der Waals surface area contributed by atoms with Crippen molar-refractivity contribution in [1.82, 2.24) is 9.62 Å². The summed E-state index contributed by atoms with van der Waals surface area (Å²) < 4.78 is 30.3. The lowest BCUT2D eigenvalue weighted by Gasteiger charge is -2.31. The summed E-state index contributed by atoms with van der Waals surface area (Å²) in [4.78, 5) is 11.9. The van der Waals surface area contributed by atoms with E-state index in [2.05, 4.69) is 5.32 Å². The molecular formula is C12H24N2O4S. The van der Waals surface area contributed by atoms with Crippen LogP contribution in [0.5, 0.6) is 0 Å². The first-order valence-corrected chi connectivity index (χ1v) is 8.25. The summed E-state index contributed by atoms with van der Waals surface area (Å²) in [6, 6.07) is 0.0768. The van der Waals surface area contributed by atoms with E-state index in [0.717, 1.165) is 12.8 Å². The molecule has 1 amide bonds. The quantitative estimate of drug-likeness (QED) is 0.759. The molecule has 1 fully saturated rings. The maximum atomic E-state index is 12.0. The van der Waals surface area contributed by atoms with Crippen LogP contribution in [0.3, 0.4) is 0 Å². The Balaban J connectivity index is 2.61. The number of hydrogen-bond acceptors (Lipinski definition) is 4. The number of amides is 1. The average molecular weight is 292 g/mol. The van der Waals surface area contributed by atoms with E-state index in [4.69, 9.17) is 4.74 Å². The van der Waals surface area contributed by atoms with E-state index >= 15 is 0 Å². The molecule has 1 N–H and O–H groups in total. The van der Waals surface area contributed by atoms with Gasteiger partial charge in [-0.15, -0.1) is 0 Å². The van der Waals surface area contributed by atoms with E-state index in [0.29, 0.717) is 6.54 Å². The Morgan fingerprint density at radius 1 is 1.47 bits per heavy atom. The largest absolute Gasteiger partial charge is 0.384 e. The fourth-order valence-electron chi connectivity index (χ4n) is 2.13. The van der Waals surface area contributed by atoms with Gasteiger partial charge in [0.15, 0.2) is 0 Å². The second-order valence-corrected chi connectivity index (χ2v) is 7.26. The summed E-state index contributed by atoms with van der Waals surface area (Å²) in [5.41, 5.74) is 0. The maximum Gasteiger partial charge on any atom is 0.224 e. The number of sulfonamides is 1. The van der Waals surface area contributed by atoms with Gasteiger partial charge in [0.2, 0.25) is 15.9 Å². The monoisotopic (exact) mass is 292 g/mol. The highest BCUT2D eigenvalue weighted by Crippen LogP contribution is 2.19. The van der Waals surface area contributed by atoms with Crippen LogP contribution in [-0.2, 0) is 19.6 Å². The fraction of sp³-hybridized carbons (Fsp3) is 0.917. The molecule has 0 aromatic rings. The van der Waals surface area contributed by atoms with E-state index in [1.807, 2.05) is 13.8 Å². The number of carbonyl (C=O) groups is 1. The topological polar surface area (TPSA) is 75.7 Å². The van der Waals surface area contributed by atoms with Crippen molar-refractivity contribution in [3.63, 3.8) is 0 Å². The Kier molecular flexibility index (Phi) is 6.22. The molecular weight excluding hydrogens is 268 g/mol. The number of hydrogen-bond donors (Lipinski definition) is 1. The normalized spacial score (nSPS) is 21.6. The molecule has 0 aliphatic carbocycles. The van der Waals surface area contributed by atoms with Crippen LogP contribution in [0.25, 0.3) is 0 Å². The first-order valence-electron chi connectivity index (χ1n) is 6.64. The molecule has 1 saturated heterocycles. The van der Waals surface area contributed by atoms with Crippen molar-refractivity contribution >= 4 is 15.9 Å². The standard InChI is InChI=1S/C12H24N2O4S/c1-10(2)13-12(15)11-5-4-6-14(9-11)19(16,17)8-7-18-3/h10-11H,4-9H2,1-3H3,(H,13,15). The molecule has 1 aliphatic heterocycles. The first-order chi connectivity index (χ1) is 8.86. The zero-order valence-electron chi connectivity index (χ0n) is 11.9. The van der Waals surface area contributed by atoms with Gasteiger partial charge in [0.05, 0.1) is 18.3 Å².